The Hall–Kier alpha value is -2.31. The molecular formula is C18H23N3O3. The van der Waals surface area contributed by atoms with E-state index in [1.807, 2.05) is 25.1 Å². The zero-order valence-electron chi connectivity index (χ0n) is 14.1. The maximum Gasteiger partial charge on any atom is 0.127 e. The summed E-state index contributed by atoms with van der Waals surface area (Å²) >= 11 is 0. The number of methoxy groups -OCH3 is 1. The Labute approximate surface area is 141 Å². The van der Waals surface area contributed by atoms with Crippen LogP contribution in [0.15, 0.2) is 30.1 Å². The summed E-state index contributed by atoms with van der Waals surface area (Å²) in [6, 6.07) is 5.80. The number of aliphatic hydroxyl groups excluding tert-OH is 1. The quantitative estimate of drug-likeness (QED) is 0.813. The Bertz CT molecular complexity index is 724. The summed E-state index contributed by atoms with van der Waals surface area (Å²) in [6.45, 7) is 4.68. The van der Waals surface area contributed by atoms with Gasteiger partial charge in [0.1, 0.15) is 18.1 Å². The number of ether oxygens (including phenoxy) is 2. The van der Waals surface area contributed by atoms with Gasteiger partial charge in [0.25, 0.3) is 0 Å². The van der Waals surface area contributed by atoms with Crippen LogP contribution < -0.4 is 9.47 Å². The number of H-pyrrole nitrogens is 1. The standard InChI is InChI=1S/C18H23N3O3/c1-13-17(20-12-19-13)10-21(5-6-22)9-14-7-15-8-16(23-2)3-4-18(15)24-11-14/h3-4,7-8,12,22H,5-6,9-11H2,1-2H3,(H,19,20). The second-order valence-corrected chi connectivity index (χ2v) is 5.90. The largest absolute Gasteiger partial charge is 0.497 e. The summed E-state index contributed by atoms with van der Waals surface area (Å²) in [5, 5.41) is 9.35. The van der Waals surface area contributed by atoms with Gasteiger partial charge in [0.05, 0.1) is 25.7 Å². The predicted molar refractivity (Wildman–Crippen MR) is 92.2 cm³/mol. The van der Waals surface area contributed by atoms with Crippen molar-refractivity contribution in [2.75, 3.05) is 33.4 Å². The Balaban J connectivity index is 1.74. The number of aliphatic hydroxyl groups is 1. The second kappa shape index (κ2) is 7.51. The number of aryl methyl sites for hydroxylation is 1. The lowest BCUT2D eigenvalue weighted by Crippen LogP contribution is -2.31. The van der Waals surface area contributed by atoms with Gasteiger partial charge >= 0.3 is 0 Å². The maximum absolute atomic E-state index is 9.35. The molecule has 0 saturated carbocycles. The van der Waals surface area contributed by atoms with Gasteiger partial charge in [-0.1, -0.05) is 0 Å². The molecule has 2 aromatic rings. The molecule has 128 valence electrons. The number of nitrogens with one attached hydrogen (secondary N) is 1. The molecule has 6 nitrogen and oxygen atoms in total. The number of rotatable bonds is 7. The minimum absolute atomic E-state index is 0.113. The van der Waals surface area contributed by atoms with E-state index >= 15 is 0 Å². The molecular weight excluding hydrogens is 306 g/mol. The molecule has 0 unspecified atom stereocenters. The van der Waals surface area contributed by atoms with Crippen molar-refractivity contribution in [3.8, 4) is 11.5 Å². The first kappa shape index (κ1) is 16.5. The number of imidazole rings is 1. The van der Waals surface area contributed by atoms with Crippen molar-refractivity contribution >= 4 is 6.08 Å². The number of fused-ring (bicyclic) bond motifs is 1. The maximum atomic E-state index is 9.35. The number of aromatic amines is 1. The molecule has 0 spiro atoms. The zero-order chi connectivity index (χ0) is 16.9. The zero-order valence-corrected chi connectivity index (χ0v) is 14.1. The van der Waals surface area contributed by atoms with Crippen molar-refractivity contribution < 1.29 is 14.6 Å². The van der Waals surface area contributed by atoms with E-state index in [4.69, 9.17) is 9.47 Å². The second-order valence-electron chi connectivity index (χ2n) is 5.90. The molecule has 0 saturated heterocycles. The number of hydrogen-bond acceptors (Lipinski definition) is 5. The number of hydrogen-bond donors (Lipinski definition) is 2. The molecule has 24 heavy (non-hydrogen) atoms. The average Bonchev–Trinajstić information content (AvgIpc) is 2.99. The van der Waals surface area contributed by atoms with Gasteiger partial charge in [-0.05, 0) is 36.8 Å². The third-order valence-electron chi connectivity index (χ3n) is 4.14. The molecule has 0 bridgehead atoms. The van der Waals surface area contributed by atoms with Crippen molar-refractivity contribution in [3.63, 3.8) is 0 Å². The highest BCUT2D eigenvalue weighted by Gasteiger charge is 2.16. The average molecular weight is 329 g/mol. The summed E-state index contributed by atoms with van der Waals surface area (Å²) in [6.07, 6.45) is 3.84. The van der Waals surface area contributed by atoms with Gasteiger partial charge in [0.15, 0.2) is 0 Å². The molecule has 3 rings (SSSR count). The first-order chi connectivity index (χ1) is 11.7. The summed E-state index contributed by atoms with van der Waals surface area (Å²) in [5.74, 6) is 1.69. The lowest BCUT2D eigenvalue weighted by atomic mass is 10.1. The summed E-state index contributed by atoms with van der Waals surface area (Å²) in [5.41, 5.74) is 4.25. The van der Waals surface area contributed by atoms with Crippen LogP contribution in [0.2, 0.25) is 0 Å². The number of nitrogens with zero attached hydrogens (tertiary/aromatic N) is 2. The van der Waals surface area contributed by atoms with E-state index in [1.165, 1.54) is 0 Å². The summed E-state index contributed by atoms with van der Waals surface area (Å²) in [7, 11) is 1.66. The Morgan fingerprint density at radius 2 is 2.25 bits per heavy atom. The number of aromatic nitrogens is 2. The van der Waals surface area contributed by atoms with Crippen LogP contribution >= 0.6 is 0 Å². The van der Waals surface area contributed by atoms with Gasteiger partial charge in [-0.15, -0.1) is 0 Å². The minimum Gasteiger partial charge on any atom is -0.497 e. The highest BCUT2D eigenvalue weighted by Crippen LogP contribution is 2.30. The smallest absolute Gasteiger partial charge is 0.127 e. The fourth-order valence-electron chi connectivity index (χ4n) is 2.82. The van der Waals surface area contributed by atoms with E-state index in [1.54, 1.807) is 13.4 Å². The van der Waals surface area contributed by atoms with E-state index in [0.29, 0.717) is 19.7 Å². The first-order valence-electron chi connectivity index (χ1n) is 8.02. The lowest BCUT2D eigenvalue weighted by Gasteiger charge is -2.25. The molecule has 2 heterocycles. The van der Waals surface area contributed by atoms with Crippen LogP contribution in [0.4, 0.5) is 0 Å². The SMILES string of the molecule is COc1ccc2c(c1)C=C(CN(CCO)Cc1nc[nH]c1C)CO2. The Morgan fingerprint density at radius 3 is 2.96 bits per heavy atom. The minimum atomic E-state index is 0.113. The van der Waals surface area contributed by atoms with Crippen molar-refractivity contribution in [2.45, 2.75) is 13.5 Å². The van der Waals surface area contributed by atoms with E-state index in [-0.39, 0.29) is 6.61 Å². The molecule has 0 amide bonds. The van der Waals surface area contributed by atoms with Crippen molar-refractivity contribution in [1.29, 1.82) is 0 Å². The van der Waals surface area contributed by atoms with E-state index in [0.717, 1.165) is 40.6 Å². The molecule has 1 aromatic carbocycles. The van der Waals surface area contributed by atoms with Crippen LogP contribution in [-0.4, -0.2) is 53.4 Å². The van der Waals surface area contributed by atoms with Crippen LogP contribution in [0, 0.1) is 6.92 Å². The number of benzene rings is 1. The van der Waals surface area contributed by atoms with E-state index in [9.17, 15) is 5.11 Å². The molecule has 2 N–H and O–H groups in total. The van der Waals surface area contributed by atoms with Gasteiger partial charge < -0.3 is 19.6 Å². The van der Waals surface area contributed by atoms with Gasteiger partial charge in [-0.25, -0.2) is 4.98 Å². The molecule has 1 aliphatic heterocycles. The van der Waals surface area contributed by atoms with E-state index < -0.39 is 0 Å². The molecule has 0 radical (unpaired) electrons. The summed E-state index contributed by atoms with van der Waals surface area (Å²) < 4.78 is 11.1. The fourth-order valence-corrected chi connectivity index (χ4v) is 2.82. The van der Waals surface area contributed by atoms with Gasteiger partial charge in [0.2, 0.25) is 0 Å². The van der Waals surface area contributed by atoms with Crippen molar-refractivity contribution in [1.82, 2.24) is 14.9 Å². The third kappa shape index (κ3) is 3.77. The molecule has 1 aromatic heterocycles. The summed E-state index contributed by atoms with van der Waals surface area (Å²) in [4.78, 5) is 9.61. The lowest BCUT2D eigenvalue weighted by molar-refractivity contribution is 0.194. The molecule has 0 aliphatic carbocycles. The van der Waals surface area contributed by atoms with Gasteiger partial charge in [-0.2, -0.15) is 0 Å². The monoisotopic (exact) mass is 329 g/mol. The Morgan fingerprint density at radius 1 is 1.38 bits per heavy atom. The normalized spacial score (nSPS) is 13.4. The van der Waals surface area contributed by atoms with Crippen LogP contribution in [-0.2, 0) is 6.54 Å². The van der Waals surface area contributed by atoms with Gasteiger partial charge in [0, 0.05) is 30.9 Å². The van der Waals surface area contributed by atoms with Crippen LogP contribution in [0.3, 0.4) is 0 Å². The molecule has 0 fully saturated rings. The van der Waals surface area contributed by atoms with Crippen LogP contribution in [0.5, 0.6) is 11.5 Å². The third-order valence-corrected chi connectivity index (χ3v) is 4.14. The van der Waals surface area contributed by atoms with Crippen molar-refractivity contribution in [2.24, 2.45) is 0 Å². The molecule has 0 atom stereocenters. The van der Waals surface area contributed by atoms with Gasteiger partial charge in [-0.3, -0.25) is 4.90 Å². The van der Waals surface area contributed by atoms with Crippen LogP contribution in [0.25, 0.3) is 6.08 Å². The highest BCUT2D eigenvalue weighted by molar-refractivity contribution is 5.64. The molecule has 6 heteroatoms. The highest BCUT2D eigenvalue weighted by atomic mass is 16.5. The topological polar surface area (TPSA) is 70.6 Å². The van der Waals surface area contributed by atoms with E-state index in [2.05, 4.69) is 20.9 Å². The molecule has 1 aliphatic rings. The van der Waals surface area contributed by atoms with Crippen molar-refractivity contribution in [3.05, 3.63) is 47.1 Å². The van der Waals surface area contributed by atoms with Crippen LogP contribution in [0.1, 0.15) is 17.0 Å². The first-order valence-corrected chi connectivity index (χ1v) is 8.02. The fraction of sp³-hybridized carbons (Fsp3) is 0.389. The Kier molecular flexibility index (Phi) is 5.17. The predicted octanol–water partition coefficient (Wildman–Crippen LogP) is 2.00.